The van der Waals surface area contributed by atoms with Crippen molar-refractivity contribution >= 4 is 32.9 Å². The van der Waals surface area contributed by atoms with Gasteiger partial charge in [-0.05, 0) is 43.2 Å². The smallest absolute Gasteiger partial charge is 0.180 e. The van der Waals surface area contributed by atoms with Gasteiger partial charge in [-0.3, -0.25) is 4.98 Å². The monoisotopic (exact) mass is 384 g/mol. The summed E-state index contributed by atoms with van der Waals surface area (Å²) in [6.07, 6.45) is 5.57. The first kappa shape index (κ1) is 15.3. The van der Waals surface area contributed by atoms with Crippen LogP contribution >= 0.6 is 15.9 Å². The molecule has 5 nitrogen and oxygen atoms in total. The van der Waals surface area contributed by atoms with Crippen LogP contribution in [-0.2, 0) is 0 Å². The van der Waals surface area contributed by atoms with Crippen LogP contribution in [0.1, 0.15) is 24.4 Å². The van der Waals surface area contributed by atoms with Crippen LogP contribution < -0.4 is 9.64 Å². The largest absolute Gasteiger partial charge is 0.496 e. The minimum atomic E-state index is 0.249. The Hall–Kier alpha value is -2.21. The predicted molar refractivity (Wildman–Crippen MR) is 97.3 cm³/mol. The molecule has 1 saturated heterocycles. The van der Waals surface area contributed by atoms with Crippen molar-refractivity contribution in [3.05, 3.63) is 52.8 Å². The third kappa shape index (κ3) is 2.71. The number of anilines is 1. The standard InChI is InChI=1S/C18H17BrN4O/c1-24-16-6-4-12(19)11-13(16)15-3-2-10-23(15)17-7-5-14-18(22-17)21-9-8-20-14/h4-9,11,15H,2-3,10H2,1H3. The van der Waals surface area contributed by atoms with Crippen molar-refractivity contribution in [2.24, 2.45) is 0 Å². The van der Waals surface area contributed by atoms with Crippen molar-refractivity contribution in [2.45, 2.75) is 18.9 Å². The van der Waals surface area contributed by atoms with Gasteiger partial charge in [0.25, 0.3) is 0 Å². The van der Waals surface area contributed by atoms with Gasteiger partial charge in [0.05, 0.1) is 13.2 Å². The first-order valence-corrected chi connectivity index (χ1v) is 8.73. The van der Waals surface area contributed by atoms with E-state index >= 15 is 0 Å². The number of pyridine rings is 1. The molecule has 1 atom stereocenters. The van der Waals surface area contributed by atoms with Gasteiger partial charge in [-0.2, -0.15) is 0 Å². The second-order valence-electron chi connectivity index (χ2n) is 5.81. The van der Waals surface area contributed by atoms with Crippen LogP contribution in [0.5, 0.6) is 5.75 Å². The summed E-state index contributed by atoms with van der Waals surface area (Å²) < 4.78 is 6.63. The maximum absolute atomic E-state index is 5.58. The highest BCUT2D eigenvalue weighted by Crippen LogP contribution is 2.40. The van der Waals surface area contributed by atoms with Gasteiger partial charge in [0.2, 0.25) is 0 Å². The molecule has 0 N–H and O–H groups in total. The summed E-state index contributed by atoms with van der Waals surface area (Å²) in [5.74, 6) is 1.85. The molecule has 1 fully saturated rings. The summed E-state index contributed by atoms with van der Waals surface area (Å²) >= 11 is 3.57. The first-order chi connectivity index (χ1) is 11.8. The van der Waals surface area contributed by atoms with Crippen LogP contribution in [0, 0.1) is 0 Å². The second-order valence-corrected chi connectivity index (χ2v) is 6.72. The normalized spacial score (nSPS) is 17.4. The molecule has 4 rings (SSSR count). The lowest BCUT2D eigenvalue weighted by molar-refractivity contribution is 0.405. The van der Waals surface area contributed by atoms with E-state index in [0.29, 0.717) is 5.65 Å². The van der Waals surface area contributed by atoms with E-state index in [-0.39, 0.29) is 6.04 Å². The molecule has 1 aliphatic rings. The van der Waals surface area contributed by atoms with Gasteiger partial charge in [0, 0.05) is 29.0 Å². The van der Waals surface area contributed by atoms with E-state index in [1.807, 2.05) is 24.3 Å². The highest BCUT2D eigenvalue weighted by atomic mass is 79.9. The maximum Gasteiger partial charge on any atom is 0.180 e. The summed E-state index contributed by atoms with van der Waals surface area (Å²) in [7, 11) is 1.72. The fraction of sp³-hybridized carbons (Fsp3) is 0.278. The molecule has 0 spiro atoms. The summed E-state index contributed by atoms with van der Waals surface area (Å²) in [4.78, 5) is 15.7. The zero-order chi connectivity index (χ0) is 16.5. The number of hydrogen-bond acceptors (Lipinski definition) is 5. The molecule has 24 heavy (non-hydrogen) atoms. The Morgan fingerprint density at radius 3 is 2.92 bits per heavy atom. The maximum atomic E-state index is 5.58. The molecule has 3 heterocycles. The molecular formula is C18H17BrN4O. The van der Waals surface area contributed by atoms with Crippen molar-refractivity contribution in [3.63, 3.8) is 0 Å². The van der Waals surface area contributed by atoms with E-state index in [2.05, 4.69) is 36.9 Å². The first-order valence-electron chi connectivity index (χ1n) is 7.94. The Morgan fingerprint density at radius 1 is 1.17 bits per heavy atom. The van der Waals surface area contributed by atoms with Gasteiger partial charge in [0.1, 0.15) is 17.1 Å². The van der Waals surface area contributed by atoms with E-state index in [4.69, 9.17) is 9.72 Å². The van der Waals surface area contributed by atoms with Gasteiger partial charge in [-0.15, -0.1) is 0 Å². The Labute approximate surface area is 148 Å². The van der Waals surface area contributed by atoms with E-state index in [9.17, 15) is 0 Å². The number of hydrogen-bond donors (Lipinski definition) is 0. The van der Waals surface area contributed by atoms with Gasteiger partial charge in [-0.25, -0.2) is 9.97 Å². The number of ether oxygens (including phenoxy) is 1. The molecule has 6 heteroatoms. The lowest BCUT2D eigenvalue weighted by Crippen LogP contribution is -2.24. The van der Waals surface area contributed by atoms with E-state index in [1.54, 1.807) is 19.5 Å². The Morgan fingerprint density at radius 2 is 2.04 bits per heavy atom. The molecule has 0 bridgehead atoms. The lowest BCUT2D eigenvalue weighted by Gasteiger charge is -2.27. The summed E-state index contributed by atoms with van der Waals surface area (Å²) in [6, 6.07) is 10.4. The molecule has 122 valence electrons. The molecular weight excluding hydrogens is 368 g/mol. The number of nitrogens with zero attached hydrogens (tertiary/aromatic N) is 4. The molecule has 1 unspecified atom stereocenters. The molecule has 0 aliphatic carbocycles. The average molecular weight is 385 g/mol. The van der Waals surface area contributed by atoms with Crippen LogP contribution in [0.2, 0.25) is 0 Å². The minimum Gasteiger partial charge on any atom is -0.496 e. The Kier molecular flexibility index (Phi) is 4.06. The van der Waals surface area contributed by atoms with Crippen molar-refractivity contribution in [1.29, 1.82) is 0 Å². The van der Waals surface area contributed by atoms with Crippen molar-refractivity contribution in [1.82, 2.24) is 15.0 Å². The number of methoxy groups -OCH3 is 1. The van der Waals surface area contributed by atoms with Crippen LogP contribution in [0.25, 0.3) is 11.2 Å². The number of halogens is 1. The van der Waals surface area contributed by atoms with Crippen LogP contribution in [-0.4, -0.2) is 28.6 Å². The zero-order valence-electron chi connectivity index (χ0n) is 13.3. The second kappa shape index (κ2) is 6.36. The number of benzene rings is 1. The molecule has 1 aromatic carbocycles. The average Bonchev–Trinajstić information content (AvgIpc) is 3.11. The van der Waals surface area contributed by atoms with Gasteiger partial charge < -0.3 is 9.64 Å². The number of aromatic nitrogens is 3. The summed E-state index contributed by atoms with van der Waals surface area (Å²) in [6.45, 7) is 0.971. The topological polar surface area (TPSA) is 51.1 Å². The predicted octanol–water partition coefficient (Wildman–Crippen LogP) is 4.14. The molecule has 0 radical (unpaired) electrons. The van der Waals surface area contributed by atoms with Gasteiger partial charge >= 0.3 is 0 Å². The van der Waals surface area contributed by atoms with Crippen molar-refractivity contribution < 1.29 is 4.74 Å². The van der Waals surface area contributed by atoms with Crippen LogP contribution in [0.4, 0.5) is 5.82 Å². The fourth-order valence-electron chi connectivity index (χ4n) is 3.33. The third-order valence-electron chi connectivity index (χ3n) is 4.41. The van der Waals surface area contributed by atoms with Crippen LogP contribution in [0.15, 0.2) is 47.2 Å². The number of fused-ring (bicyclic) bond motifs is 1. The molecule has 2 aromatic heterocycles. The molecule has 3 aromatic rings. The minimum absolute atomic E-state index is 0.249. The van der Waals surface area contributed by atoms with Gasteiger partial charge in [-0.1, -0.05) is 15.9 Å². The lowest BCUT2D eigenvalue weighted by atomic mass is 10.0. The Bertz CT molecular complexity index is 886. The third-order valence-corrected chi connectivity index (χ3v) is 4.91. The SMILES string of the molecule is COc1ccc(Br)cc1C1CCCN1c1ccc2nccnc2n1. The van der Waals surface area contributed by atoms with Crippen molar-refractivity contribution in [2.75, 3.05) is 18.6 Å². The summed E-state index contributed by atoms with van der Waals surface area (Å²) in [5.41, 5.74) is 2.68. The molecule has 1 aliphatic heterocycles. The fourth-order valence-corrected chi connectivity index (χ4v) is 3.71. The van der Waals surface area contributed by atoms with E-state index in [1.165, 1.54) is 5.56 Å². The molecule has 0 saturated carbocycles. The number of rotatable bonds is 3. The van der Waals surface area contributed by atoms with E-state index < -0.39 is 0 Å². The highest BCUT2D eigenvalue weighted by molar-refractivity contribution is 9.10. The Balaban J connectivity index is 1.75. The van der Waals surface area contributed by atoms with Gasteiger partial charge in [0.15, 0.2) is 5.65 Å². The van der Waals surface area contributed by atoms with Crippen LogP contribution in [0.3, 0.4) is 0 Å². The quantitative estimate of drug-likeness (QED) is 0.679. The highest BCUT2D eigenvalue weighted by Gasteiger charge is 2.29. The molecule has 0 amide bonds. The zero-order valence-corrected chi connectivity index (χ0v) is 14.9. The summed E-state index contributed by atoms with van der Waals surface area (Å²) in [5, 5.41) is 0. The van der Waals surface area contributed by atoms with E-state index in [0.717, 1.165) is 40.9 Å². The van der Waals surface area contributed by atoms with Crippen molar-refractivity contribution in [3.8, 4) is 5.75 Å².